The predicted octanol–water partition coefficient (Wildman–Crippen LogP) is 3.94. The second-order valence-corrected chi connectivity index (χ2v) is 10.1. The number of aromatic amines is 1. The number of hydrogen-bond acceptors (Lipinski definition) is 5. The van der Waals surface area contributed by atoms with E-state index in [4.69, 9.17) is 5.11 Å². The zero-order valence-electron chi connectivity index (χ0n) is 21.9. The van der Waals surface area contributed by atoms with E-state index in [-0.39, 0.29) is 35.5 Å². The summed E-state index contributed by atoms with van der Waals surface area (Å²) in [5.41, 5.74) is 2.39. The Hall–Kier alpha value is -4.79. The summed E-state index contributed by atoms with van der Waals surface area (Å²) in [6.45, 7) is 0.376. The number of H-pyrrole nitrogens is 1. The molecule has 204 valence electrons. The molecule has 3 N–H and O–H groups in total. The maximum Gasteiger partial charge on any atom is 0.345 e. The molecule has 3 aromatic carbocycles. The first-order chi connectivity index (χ1) is 19.4. The fourth-order valence-electron chi connectivity index (χ4n) is 5.37. The number of carboxylic acid groups (broad SMARTS) is 1. The van der Waals surface area contributed by atoms with Crippen LogP contribution in [0.25, 0.3) is 11.3 Å². The van der Waals surface area contributed by atoms with Crippen molar-refractivity contribution in [1.29, 1.82) is 0 Å². The monoisotopic (exact) mass is 538 g/mol. The summed E-state index contributed by atoms with van der Waals surface area (Å²) in [4.78, 5) is 50.1. The molecule has 1 amide bonds. The lowest BCUT2D eigenvalue weighted by atomic mass is 9.83. The van der Waals surface area contributed by atoms with Gasteiger partial charge >= 0.3 is 11.7 Å². The molecular weight excluding hydrogens is 508 g/mol. The Bertz CT molecular complexity index is 1600. The Balaban J connectivity index is 1.34. The third kappa shape index (κ3) is 5.93. The molecule has 1 unspecified atom stereocenters. The number of rotatable bonds is 9. The summed E-state index contributed by atoms with van der Waals surface area (Å²) in [7, 11) is 0. The van der Waals surface area contributed by atoms with E-state index in [9.17, 15) is 19.2 Å². The fourth-order valence-corrected chi connectivity index (χ4v) is 5.37. The standard InChI is InChI=1S/C31H30N4O5/c36-28(32-18-20-10-16-25(17-11-20)30(38)39)26(22-6-4-5-7-22)23-14-12-21(13-15-23)19-35-29(37)27(33-34-31(35)40)24-8-2-1-3-9-24/h1-3,8-17,22,26H,4-7,18-19H2,(H,32,36)(H,34,40)(H,38,39). The quantitative estimate of drug-likeness (QED) is 0.296. The van der Waals surface area contributed by atoms with Gasteiger partial charge in [0.05, 0.1) is 18.0 Å². The van der Waals surface area contributed by atoms with Gasteiger partial charge in [0.2, 0.25) is 5.91 Å². The van der Waals surface area contributed by atoms with Crippen molar-refractivity contribution in [2.75, 3.05) is 0 Å². The second kappa shape index (κ2) is 11.9. The fraction of sp³-hybridized carbons (Fsp3) is 0.258. The minimum atomic E-state index is -0.990. The number of amides is 1. The Kier molecular flexibility index (Phi) is 8.00. The van der Waals surface area contributed by atoms with Gasteiger partial charge in [-0.05, 0) is 47.6 Å². The van der Waals surface area contributed by atoms with E-state index in [1.54, 1.807) is 36.4 Å². The lowest BCUT2D eigenvalue weighted by molar-refractivity contribution is -0.123. The summed E-state index contributed by atoms with van der Waals surface area (Å²) in [5.74, 6) is -1.17. The van der Waals surface area contributed by atoms with E-state index in [1.807, 2.05) is 30.3 Å². The summed E-state index contributed by atoms with van der Waals surface area (Å²) in [6, 6.07) is 22.9. The SMILES string of the molecule is O=C(O)c1ccc(CNC(=O)C(c2ccc(Cn3c(=O)[nH]nc(-c4ccccc4)c3=O)cc2)C2CCCC2)cc1. The number of hydrogen-bond donors (Lipinski definition) is 3. The van der Waals surface area contributed by atoms with E-state index in [0.29, 0.717) is 12.1 Å². The van der Waals surface area contributed by atoms with Crippen LogP contribution in [0.5, 0.6) is 0 Å². The highest BCUT2D eigenvalue weighted by Crippen LogP contribution is 2.37. The minimum absolute atomic E-state index is 0.0728. The number of carbonyl (C=O) groups excluding carboxylic acids is 1. The smallest absolute Gasteiger partial charge is 0.345 e. The van der Waals surface area contributed by atoms with Gasteiger partial charge in [-0.15, -0.1) is 0 Å². The van der Waals surface area contributed by atoms with E-state index in [2.05, 4.69) is 15.5 Å². The first-order valence-electron chi connectivity index (χ1n) is 13.3. The van der Waals surface area contributed by atoms with Crippen LogP contribution in [0.4, 0.5) is 0 Å². The largest absolute Gasteiger partial charge is 0.478 e. The van der Waals surface area contributed by atoms with Gasteiger partial charge in [0.15, 0.2) is 5.69 Å². The van der Waals surface area contributed by atoms with Crippen molar-refractivity contribution in [3.63, 3.8) is 0 Å². The number of aromatic nitrogens is 3. The highest BCUT2D eigenvalue weighted by molar-refractivity contribution is 5.87. The van der Waals surface area contributed by atoms with Crippen LogP contribution in [0.15, 0.2) is 88.5 Å². The molecule has 5 rings (SSSR count). The summed E-state index contributed by atoms with van der Waals surface area (Å²) in [6.07, 6.45) is 4.11. The summed E-state index contributed by atoms with van der Waals surface area (Å²) < 4.78 is 1.13. The van der Waals surface area contributed by atoms with Crippen molar-refractivity contribution in [2.45, 2.75) is 44.7 Å². The van der Waals surface area contributed by atoms with Crippen molar-refractivity contribution >= 4 is 11.9 Å². The van der Waals surface area contributed by atoms with Gasteiger partial charge in [-0.2, -0.15) is 5.10 Å². The van der Waals surface area contributed by atoms with Crippen LogP contribution in [0.1, 0.15) is 58.6 Å². The first-order valence-corrected chi connectivity index (χ1v) is 13.3. The Labute approximate surface area is 230 Å². The number of carbonyl (C=O) groups is 2. The van der Waals surface area contributed by atoms with Gasteiger partial charge in [0.1, 0.15) is 0 Å². The molecule has 9 nitrogen and oxygen atoms in total. The lowest BCUT2D eigenvalue weighted by Crippen LogP contribution is -2.37. The Morgan fingerprint density at radius 3 is 2.23 bits per heavy atom. The summed E-state index contributed by atoms with van der Waals surface area (Å²) in [5, 5.41) is 18.5. The van der Waals surface area contributed by atoms with Crippen LogP contribution >= 0.6 is 0 Å². The second-order valence-electron chi connectivity index (χ2n) is 10.1. The van der Waals surface area contributed by atoms with E-state index in [1.165, 1.54) is 12.1 Å². The molecule has 1 saturated carbocycles. The molecule has 9 heteroatoms. The zero-order valence-corrected chi connectivity index (χ0v) is 21.9. The van der Waals surface area contributed by atoms with E-state index < -0.39 is 17.2 Å². The molecule has 1 atom stereocenters. The van der Waals surface area contributed by atoms with Gasteiger partial charge in [0.25, 0.3) is 5.56 Å². The number of nitrogens with one attached hydrogen (secondary N) is 2. The van der Waals surface area contributed by atoms with E-state index in [0.717, 1.165) is 46.9 Å². The third-order valence-corrected chi connectivity index (χ3v) is 7.50. The zero-order chi connectivity index (χ0) is 28.1. The third-order valence-electron chi connectivity index (χ3n) is 7.50. The predicted molar refractivity (Wildman–Crippen MR) is 150 cm³/mol. The van der Waals surface area contributed by atoms with E-state index >= 15 is 0 Å². The molecule has 0 spiro atoms. The van der Waals surface area contributed by atoms with Gasteiger partial charge in [-0.25, -0.2) is 14.7 Å². The molecule has 0 saturated heterocycles. The van der Waals surface area contributed by atoms with Crippen LogP contribution in [-0.4, -0.2) is 31.7 Å². The molecular formula is C31H30N4O5. The highest BCUT2D eigenvalue weighted by Gasteiger charge is 2.32. The number of carboxylic acids is 1. The van der Waals surface area contributed by atoms with Gasteiger partial charge in [0, 0.05) is 12.1 Å². The van der Waals surface area contributed by atoms with Crippen LogP contribution in [0, 0.1) is 5.92 Å². The molecule has 40 heavy (non-hydrogen) atoms. The average Bonchev–Trinajstić information content (AvgIpc) is 3.50. The molecule has 1 aliphatic rings. The van der Waals surface area contributed by atoms with Crippen LogP contribution < -0.4 is 16.6 Å². The molecule has 0 bridgehead atoms. The maximum atomic E-state index is 13.4. The van der Waals surface area contributed by atoms with Gasteiger partial charge < -0.3 is 10.4 Å². The number of benzene rings is 3. The van der Waals surface area contributed by atoms with Crippen LogP contribution in [0.2, 0.25) is 0 Å². The molecule has 4 aromatic rings. The van der Waals surface area contributed by atoms with Gasteiger partial charge in [-0.1, -0.05) is 79.6 Å². The van der Waals surface area contributed by atoms with Crippen molar-refractivity contribution in [1.82, 2.24) is 20.1 Å². The van der Waals surface area contributed by atoms with Gasteiger partial charge in [-0.3, -0.25) is 14.2 Å². The number of nitrogens with zero attached hydrogens (tertiary/aromatic N) is 2. The van der Waals surface area contributed by atoms with Crippen molar-refractivity contribution in [3.8, 4) is 11.3 Å². The van der Waals surface area contributed by atoms with Crippen LogP contribution in [0.3, 0.4) is 0 Å². The van der Waals surface area contributed by atoms with Crippen molar-refractivity contribution in [3.05, 3.63) is 122 Å². The minimum Gasteiger partial charge on any atom is -0.478 e. The molecule has 0 radical (unpaired) electrons. The lowest BCUT2D eigenvalue weighted by Gasteiger charge is -2.23. The molecule has 1 aromatic heterocycles. The molecule has 1 heterocycles. The Morgan fingerprint density at radius 1 is 0.925 bits per heavy atom. The van der Waals surface area contributed by atoms with Crippen LogP contribution in [-0.2, 0) is 17.9 Å². The summed E-state index contributed by atoms with van der Waals surface area (Å²) >= 11 is 0. The highest BCUT2D eigenvalue weighted by atomic mass is 16.4. The first kappa shape index (κ1) is 26.8. The van der Waals surface area contributed by atoms with Crippen molar-refractivity contribution < 1.29 is 14.7 Å². The maximum absolute atomic E-state index is 13.4. The normalized spacial score (nSPS) is 14.1. The number of aromatic carboxylic acids is 1. The topological polar surface area (TPSA) is 134 Å². The Morgan fingerprint density at radius 2 is 1.57 bits per heavy atom. The molecule has 1 fully saturated rings. The molecule has 0 aliphatic heterocycles. The van der Waals surface area contributed by atoms with Crippen molar-refractivity contribution in [2.24, 2.45) is 5.92 Å². The molecule has 1 aliphatic carbocycles. The average molecular weight is 539 g/mol.